The van der Waals surface area contributed by atoms with Crippen molar-refractivity contribution in [2.75, 3.05) is 20.8 Å². The van der Waals surface area contributed by atoms with E-state index >= 15 is 0 Å². The first kappa shape index (κ1) is 28.8. The maximum Gasteiger partial charge on any atom is 0.338 e. The van der Waals surface area contributed by atoms with E-state index in [-0.39, 0.29) is 12.2 Å². The lowest BCUT2D eigenvalue weighted by Crippen LogP contribution is -2.40. The zero-order chi connectivity index (χ0) is 29.8. The average Bonchev–Trinajstić information content (AvgIpc) is 3.60. The van der Waals surface area contributed by atoms with Gasteiger partial charge in [-0.15, -0.1) is 0 Å². The van der Waals surface area contributed by atoms with E-state index < -0.39 is 18.0 Å². The van der Waals surface area contributed by atoms with Crippen LogP contribution in [0.4, 0.5) is 0 Å². The van der Waals surface area contributed by atoms with E-state index in [1.165, 1.54) is 23.0 Å². The molecule has 0 bridgehead atoms. The Bertz CT molecular complexity index is 1860. The second-order valence-corrected chi connectivity index (χ2v) is 10.4. The summed E-state index contributed by atoms with van der Waals surface area (Å²) < 4.78 is 24.0. The fourth-order valence-electron chi connectivity index (χ4n) is 5.00. The van der Waals surface area contributed by atoms with Crippen molar-refractivity contribution < 1.29 is 28.2 Å². The number of allylic oxidation sites excluding steroid dienone is 1. The predicted octanol–water partition coefficient (Wildman–Crippen LogP) is 4.63. The molecule has 0 unspecified atom stereocenters. The van der Waals surface area contributed by atoms with Crippen molar-refractivity contribution in [3.05, 3.63) is 109 Å². The Morgan fingerprint density at radius 2 is 1.79 bits per heavy atom. The molecule has 1 aliphatic rings. The minimum Gasteiger partial charge on any atom is -0.496 e. The van der Waals surface area contributed by atoms with E-state index in [2.05, 4.69) is 0 Å². The third kappa shape index (κ3) is 5.33. The van der Waals surface area contributed by atoms with E-state index in [1.807, 2.05) is 25.1 Å². The zero-order valence-corrected chi connectivity index (χ0v) is 24.5. The molecule has 10 heteroatoms. The third-order valence-corrected chi connectivity index (χ3v) is 7.81. The summed E-state index contributed by atoms with van der Waals surface area (Å²) in [5.74, 6) is 0.416. The number of hydrogen-bond donors (Lipinski definition) is 0. The van der Waals surface area contributed by atoms with Crippen LogP contribution in [0.5, 0.6) is 5.75 Å². The van der Waals surface area contributed by atoms with Crippen LogP contribution >= 0.6 is 11.3 Å². The molecule has 0 radical (unpaired) electrons. The van der Waals surface area contributed by atoms with Gasteiger partial charge in [0.1, 0.15) is 23.3 Å². The van der Waals surface area contributed by atoms with Crippen LogP contribution in [0.25, 0.3) is 17.4 Å². The SMILES string of the molecule is CCCC1=C(C(=O)OCC)[C@H](c2ccccc2OC)n2c(s/c(=C/c3ccc(-c4ccccc4C(=O)OC)o3)c2=O)=N1. The summed E-state index contributed by atoms with van der Waals surface area (Å²) in [6, 6.07) is 17.0. The van der Waals surface area contributed by atoms with E-state index in [1.54, 1.807) is 62.6 Å². The highest BCUT2D eigenvalue weighted by molar-refractivity contribution is 7.07. The molecule has 1 atom stereocenters. The second-order valence-electron chi connectivity index (χ2n) is 9.39. The van der Waals surface area contributed by atoms with Gasteiger partial charge in [-0.1, -0.05) is 61.1 Å². The fraction of sp³-hybridized carbons (Fsp3) is 0.250. The van der Waals surface area contributed by atoms with Crippen LogP contribution < -0.4 is 19.6 Å². The van der Waals surface area contributed by atoms with E-state index in [0.29, 0.717) is 61.0 Å². The highest BCUT2D eigenvalue weighted by atomic mass is 32.1. The number of esters is 2. The van der Waals surface area contributed by atoms with Crippen molar-refractivity contribution in [2.45, 2.75) is 32.7 Å². The summed E-state index contributed by atoms with van der Waals surface area (Å²) in [6.07, 6.45) is 2.92. The highest BCUT2D eigenvalue weighted by Gasteiger charge is 2.35. The van der Waals surface area contributed by atoms with Crippen molar-refractivity contribution in [3.63, 3.8) is 0 Å². The van der Waals surface area contributed by atoms with Gasteiger partial charge >= 0.3 is 11.9 Å². The second kappa shape index (κ2) is 12.4. The van der Waals surface area contributed by atoms with Crippen molar-refractivity contribution in [1.29, 1.82) is 0 Å². The number of methoxy groups -OCH3 is 2. The van der Waals surface area contributed by atoms with Crippen molar-refractivity contribution in [3.8, 4) is 17.1 Å². The van der Waals surface area contributed by atoms with Crippen LogP contribution in [0.15, 0.2) is 86.1 Å². The number of hydrogen-bond acceptors (Lipinski definition) is 9. The number of nitrogens with zero attached hydrogens (tertiary/aromatic N) is 2. The van der Waals surface area contributed by atoms with Gasteiger partial charge in [0.15, 0.2) is 4.80 Å². The van der Waals surface area contributed by atoms with Gasteiger partial charge < -0.3 is 18.6 Å². The zero-order valence-electron chi connectivity index (χ0n) is 23.7. The first-order chi connectivity index (χ1) is 20.4. The molecule has 1 aliphatic heterocycles. The molecule has 216 valence electrons. The predicted molar refractivity (Wildman–Crippen MR) is 158 cm³/mol. The van der Waals surface area contributed by atoms with Gasteiger partial charge in [-0.25, -0.2) is 14.6 Å². The molecule has 9 nitrogen and oxygen atoms in total. The van der Waals surface area contributed by atoms with Gasteiger partial charge in [0, 0.05) is 17.2 Å². The number of aromatic nitrogens is 1. The number of ether oxygens (including phenoxy) is 3. The Morgan fingerprint density at radius 1 is 1.02 bits per heavy atom. The molecular formula is C32H30N2O7S. The lowest BCUT2D eigenvalue weighted by molar-refractivity contribution is -0.139. The largest absolute Gasteiger partial charge is 0.496 e. The van der Waals surface area contributed by atoms with Crippen LogP contribution in [-0.2, 0) is 14.3 Å². The Kier molecular flexibility index (Phi) is 8.53. The molecule has 0 N–H and O–H groups in total. The molecule has 0 amide bonds. The summed E-state index contributed by atoms with van der Waals surface area (Å²) in [7, 11) is 2.88. The van der Waals surface area contributed by atoms with Crippen LogP contribution in [-0.4, -0.2) is 37.3 Å². The number of para-hydroxylation sites is 1. The number of benzene rings is 2. The lowest BCUT2D eigenvalue weighted by atomic mass is 9.93. The number of furan rings is 1. The van der Waals surface area contributed by atoms with Crippen LogP contribution in [0.1, 0.15) is 54.4 Å². The van der Waals surface area contributed by atoms with Crippen LogP contribution in [0, 0.1) is 0 Å². The van der Waals surface area contributed by atoms with Gasteiger partial charge in [0.05, 0.1) is 42.2 Å². The summed E-state index contributed by atoms with van der Waals surface area (Å²) >= 11 is 1.21. The molecule has 0 saturated heterocycles. The Labute approximate surface area is 246 Å². The van der Waals surface area contributed by atoms with Gasteiger partial charge in [-0.3, -0.25) is 9.36 Å². The summed E-state index contributed by atoms with van der Waals surface area (Å²) in [6.45, 7) is 3.93. The average molecular weight is 587 g/mol. The van der Waals surface area contributed by atoms with E-state index in [4.69, 9.17) is 23.6 Å². The van der Waals surface area contributed by atoms with Crippen molar-refractivity contribution in [1.82, 2.24) is 4.57 Å². The molecule has 3 heterocycles. The molecular weight excluding hydrogens is 556 g/mol. The minimum absolute atomic E-state index is 0.185. The van der Waals surface area contributed by atoms with Crippen LogP contribution in [0.2, 0.25) is 0 Å². The standard InChI is InChI=1S/C32H30N2O7S/c1-5-11-23-27(31(37)40-6-2)28(22-14-9-10-15-24(22)38-3)34-29(35)26(42-32(34)33-23)18-19-16-17-25(41-19)20-12-7-8-13-21(20)30(36)39-4/h7-10,12-18,28H,5-6,11H2,1-4H3/b26-18+/t28-/m0/s1. The number of carbonyl (C=O) groups excluding carboxylic acids is 2. The lowest BCUT2D eigenvalue weighted by Gasteiger charge is -2.26. The van der Waals surface area contributed by atoms with Gasteiger partial charge in [0.2, 0.25) is 0 Å². The molecule has 4 aromatic rings. The van der Waals surface area contributed by atoms with Crippen molar-refractivity contribution >= 4 is 29.4 Å². The molecule has 0 saturated carbocycles. The topological polar surface area (TPSA) is 109 Å². The summed E-state index contributed by atoms with van der Waals surface area (Å²) in [5, 5.41) is 0. The van der Waals surface area contributed by atoms with E-state index in [9.17, 15) is 14.4 Å². The molecule has 42 heavy (non-hydrogen) atoms. The smallest absolute Gasteiger partial charge is 0.338 e. The molecule has 0 fully saturated rings. The Morgan fingerprint density at radius 3 is 2.52 bits per heavy atom. The summed E-state index contributed by atoms with van der Waals surface area (Å²) in [4.78, 5) is 44.9. The maximum absolute atomic E-state index is 14.0. The van der Waals surface area contributed by atoms with Crippen LogP contribution in [0.3, 0.4) is 0 Å². The molecule has 0 spiro atoms. The first-order valence-corrected chi connectivity index (χ1v) is 14.4. The Hall–Kier alpha value is -4.70. The van der Waals surface area contributed by atoms with Gasteiger partial charge in [0.25, 0.3) is 5.56 Å². The molecule has 5 rings (SSSR count). The minimum atomic E-state index is -0.792. The third-order valence-electron chi connectivity index (χ3n) is 6.82. The maximum atomic E-state index is 14.0. The van der Waals surface area contributed by atoms with Gasteiger partial charge in [-0.2, -0.15) is 0 Å². The van der Waals surface area contributed by atoms with Gasteiger partial charge in [-0.05, 0) is 37.6 Å². The number of carbonyl (C=O) groups is 2. The number of thiazole rings is 1. The summed E-state index contributed by atoms with van der Waals surface area (Å²) in [5.41, 5.74) is 2.16. The fourth-order valence-corrected chi connectivity index (χ4v) is 6.00. The molecule has 2 aromatic heterocycles. The first-order valence-electron chi connectivity index (χ1n) is 13.5. The quantitative estimate of drug-likeness (QED) is 0.263. The molecule has 0 aliphatic carbocycles. The monoisotopic (exact) mass is 586 g/mol. The van der Waals surface area contributed by atoms with Crippen molar-refractivity contribution in [2.24, 2.45) is 4.99 Å². The molecule has 2 aromatic carbocycles. The number of rotatable bonds is 9. The Balaban J connectivity index is 1.68. The van der Waals surface area contributed by atoms with E-state index in [0.717, 1.165) is 6.42 Å². The number of fused-ring (bicyclic) bond motifs is 1. The normalized spacial score (nSPS) is 14.8. The highest BCUT2D eigenvalue weighted by Crippen LogP contribution is 2.37.